The molecule has 2 aromatic carbocycles. The summed E-state index contributed by atoms with van der Waals surface area (Å²) in [5.41, 5.74) is 2.66. The Kier molecular flexibility index (Phi) is 5.41. The zero-order valence-electron chi connectivity index (χ0n) is 15.7. The molecule has 0 aliphatic carbocycles. The van der Waals surface area contributed by atoms with Crippen LogP contribution >= 0.6 is 0 Å². The summed E-state index contributed by atoms with van der Waals surface area (Å²) in [6, 6.07) is 14.7. The predicted molar refractivity (Wildman–Crippen MR) is 105 cm³/mol. The standard InChI is InChI=1S/C20H24N2O4S/c1-4-15-9-11-16(12-10-15)14(2)21-20(23)19-13-22(27(3,24)25)17-7-5-6-8-18(17)26-19/h5-12,14,19H,4,13H2,1-3H3,(H,21,23)/t14-,19-/m1/s1. The average molecular weight is 388 g/mol. The molecule has 1 heterocycles. The first kappa shape index (κ1) is 19.2. The summed E-state index contributed by atoms with van der Waals surface area (Å²) in [5.74, 6) is 0.0412. The molecule has 0 saturated carbocycles. The lowest BCUT2D eigenvalue weighted by atomic mass is 10.0. The molecule has 0 saturated heterocycles. The molecule has 144 valence electrons. The lowest BCUT2D eigenvalue weighted by Gasteiger charge is -2.34. The van der Waals surface area contributed by atoms with Crippen molar-refractivity contribution < 1.29 is 17.9 Å². The number of para-hydroxylation sites is 2. The summed E-state index contributed by atoms with van der Waals surface area (Å²) in [6.45, 7) is 3.93. The highest BCUT2D eigenvalue weighted by molar-refractivity contribution is 7.92. The van der Waals surface area contributed by atoms with Crippen LogP contribution in [-0.2, 0) is 21.2 Å². The molecule has 0 bridgehead atoms. The molecule has 1 aliphatic rings. The van der Waals surface area contributed by atoms with Crippen LogP contribution in [0.3, 0.4) is 0 Å². The normalized spacial score (nSPS) is 17.6. The fourth-order valence-corrected chi connectivity index (χ4v) is 4.00. The van der Waals surface area contributed by atoms with Crippen molar-refractivity contribution in [1.29, 1.82) is 0 Å². The van der Waals surface area contributed by atoms with Crippen molar-refractivity contribution in [2.45, 2.75) is 32.4 Å². The van der Waals surface area contributed by atoms with Gasteiger partial charge in [-0.05, 0) is 36.6 Å². The highest BCUT2D eigenvalue weighted by atomic mass is 32.2. The second-order valence-corrected chi connectivity index (χ2v) is 8.60. The molecule has 3 rings (SSSR count). The molecule has 6 nitrogen and oxygen atoms in total. The fraction of sp³-hybridized carbons (Fsp3) is 0.350. The van der Waals surface area contributed by atoms with Crippen molar-refractivity contribution in [3.8, 4) is 5.75 Å². The highest BCUT2D eigenvalue weighted by Gasteiger charge is 2.35. The van der Waals surface area contributed by atoms with E-state index in [1.807, 2.05) is 31.2 Å². The van der Waals surface area contributed by atoms with Crippen LogP contribution in [-0.4, -0.2) is 33.2 Å². The van der Waals surface area contributed by atoms with Crippen LogP contribution in [0.5, 0.6) is 5.75 Å². The molecule has 0 spiro atoms. The van der Waals surface area contributed by atoms with E-state index in [4.69, 9.17) is 4.74 Å². The zero-order valence-corrected chi connectivity index (χ0v) is 16.5. The fourth-order valence-electron chi connectivity index (χ4n) is 3.08. The molecule has 27 heavy (non-hydrogen) atoms. The number of carbonyl (C=O) groups is 1. The highest BCUT2D eigenvalue weighted by Crippen LogP contribution is 2.34. The SMILES string of the molecule is CCc1ccc([C@@H](C)NC(=O)[C@H]2CN(S(C)(=O)=O)c3ccccc3O2)cc1. The zero-order chi connectivity index (χ0) is 19.6. The van der Waals surface area contributed by atoms with E-state index in [9.17, 15) is 13.2 Å². The first-order valence-electron chi connectivity index (χ1n) is 8.92. The van der Waals surface area contributed by atoms with E-state index in [-0.39, 0.29) is 18.5 Å². The maximum absolute atomic E-state index is 12.7. The maximum Gasteiger partial charge on any atom is 0.263 e. The minimum Gasteiger partial charge on any atom is -0.476 e. The van der Waals surface area contributed by atoms with Gasteiger partial charge in [0.2, 0.25) is 10.0 Å². The lowest BCUT2D eigenvalue weighted by Crippen LogP contribution is -2.50. The van der Waals surface area contributed by atoms with Gasteiger partial charge in [0.1, 0.15) is 5.75 Å². The Morgan fingerprint density at radius 1 is 1.22 bits per heavy atom. The Morgan fingerprint density at radius 3 is 2.52 bits per heavy atom. The number of nitrogens with one attached hydrogen (secondary N) is 1. The Balaban J connectivity index is 1.76. The van der Waals surface area contributed by atoms with Crippen LogP contribution in [0, 0.1) is 0 Å². The number of fused-ring (bicyclic) bond motifs is 1. The number of amides is 1. The van der Waals surface area contributed by atoms with E-state index in [2.05, 4.69) is 12.2 Å². The van der Waals surface area contributed by atoms with Gasteiger partial charge < -0.3 is 10.1 Å². The first-order chi connectivity index (χ1) is 12.8. The molecular formula is C20H24N2O4S. The molecular weight excluding hydrogens is 364 g/mol. The summed E-state index contributed by atoms with van der Waals surface area (Å²) < 4.78 is 31.3. The van der Waals surface area contributed by atoms with Crippen molar-refractivity contribution in [2.24, 2.45) is 0 Å². The van der Waals surface area contributed by atoms with Gasteiger partial charge >= 0.3 is 0 Å². The van der Waals surface area contributed by atoms with E-state index in [0.29, 0.717) is 11.4 Å². The van der Waals surface area contributed by atoms with Crippen LogP contribution in [0.1, 0.15) is 31.0 Å². The van der Waals surface area contributed by atoms with Gasteiger partial charge in [-0.3, -0.25) is 9.10 Å². The number of anilines is 1. The van der Waals surface area contributed by atoms with Gasteiger partial charge in [-0.2, -0.15) is 0 Å². The van der Waals surface area contributed by atoms with Crippen LogP contribution in [0.4, 0.5) is 5.69 Å². The average Bonchev–Trinajstić information content (AvgIpc) is 2.66. The summed E-state index contributed by atoms with van der Waals surface area (Å²) in [4.78, 5) is 12.7. The van der Waals surface area contributed by atoms with E-state index in [0.717, 1.165) is 18.2 Å². The lowest BCUT2D eigenvalue weighted by molar-refractivity contribution is -0.128. The minimum atomic E-state index is -3.52. The Bertz CT molecular complexity index is 925. The second-order valence-electron chi connectivity index (χ2n) is 6.69. The van der Waals surface area contributed by atoms with Crippen molar-refractivity contribution in [3.63, 3.8) is 0 Å². The molecule has 0 unspecified atom stereocenters. The van der Waals surface area contributed by atoms with Gasteiger partial charge in [-0.1, -0.05) is 43.3 Å². The molecule has 1 N–H and O–H groups in total. The van der Waals surface area contributed by atoms with Crippen LogP contribution in [0.25, 0.3) is 0 Å². The maximum atomic E-state index is 12.7. The molecule has 1 aliphatic heterocycles. The van der Waals surface area contributed by atoms with Gasteiger partial charge in [0.15, 0.2) is 6.10 Å². The van der Waals surface area contributed by atoms with Crippen LogP contribution in [0.2, 0.25) is 0 Å². The minimum absolute atomic E-state index is 0.0524. The number of aryl methyl sites for hydroxylation is 1. The first-order valence-corrected chi connectivity index (χ1v) is 10.8. The van der Waals surface area contributed by atoms with Crippen LogP contribution < -0.4 is 14.4 Å². The molecule has 1 amide bonds. The van der Waals surface area contributed by atoms with Gasteiger partial charge in [0.25, 0.3) is 5.91 Å². The Morgan fingerprint density at radius 2 is 1.89 bits per heavy atom. The number of hydrogen-bond acceptors (Lipinski definition) is 4. The summed E-state index contributed by atoms with van der Waals surface area (Å²) >= 11 is 0. The molecule has 2 atom stereocenters. The monoisotopic (exact) mass is 388 g/mol. The molecule has 0 aromatic heterocycles. The number of nitrogens with zero attached hydrogens (tertiary/aromatic N) is 1. The Hall–Kier alpha value is -2.54. The molecule has 2 aromatic rings. The number of benzene rings is 2. The van der Waals surface area contributed by atoms with E-state index >= 15 is 0 Å². The summed E-state index contributed by atoms with van der Waals surface area (Å²) in [5, 5.41) is 2.92. The predicted octanol–water partition coefficient (Wildman–Crippen LogP) is 2.65. The molecule has 0 fully saturated rings. The Labute approximate surface area is 160 Å². The van der Waals surface area contributed by atoms with E-state index in [1.54, 1.807) is 24.3 Å². The van der Waals surface area contributed by atoms with Crippen molar-refractivity contribution in [2.75, 3.05) is 17.1 Å². The van der Waals surface area contributed by atoms with Crippen molar-refractivity contribution >= 4 is 21.6 Å². The van der Waals surface area contributed by atoms with Crippen LogP contribution in [0.15, 0.2) is 48.5 Å². The van der Waals surface area contributed by atoms with Crippen molar-refractivity contribution in [3.05, 3.63) is 59.7 Å². The molecule has 0 radical (unpaired) electrons. The largest absolute Gasteiger partial charge is 0.476 e. The van der Waals surface area contributed by atoms with Gasteiger partial charge in [-0.15, -0.1) is 0 Å². The van der Waals surface area contributed by atoms with Gasteiger partial charge in [0.05, 0.1) is 24.5 Å². The van der Waals surface area contributed by atoms with Gasteiger partial charge in [0, 0.05) is 0 Å². The van der Waals surface area contributed by atoms with Gasteiger partial charge in [-0.25, -0.2) is 8.42 Å². The smallest absolute Gasteiger partial charge is 0.263 e. The molecule has 7 heteroatoms. The quantitative estimate of drug-likeness (QED) is 0.854. The third-order valence-corrected chi connectivity index (χ3v) is 5.82. The van der Waals surface area contributed by atoms with E-state index < -0.39 is 16.1 Å². The van der Waals surface area contributed by atoms with Crippen molar-refractivity contribution in [1.82, 2.24) is 5.32 Å². The number of sulfonamides is 1. The number of hydrogen-bond donors (Lipinski definition) is 1. The summed E-state index contributed by atoms with van der Waals surface area (Å²) in [7, 11) is -3.52. The second kappa shape index (κ2) is 7.60. The van der Waals surface area contributed by atoms with E-state index in [1.165, 1.54) is 9.87 Å². The number of carbonyl (C=O) groups excluding carboxylic acids is 1. The number of ether oxygens (including phenoxy) is 1. The third-order valence-electron chi connectivity index (χ3n) is 4.67. The summed E-state index contributed by atoms with van der Waals surface area (Å²) in [6.07, 6.45) is 1.17. The topological polar surface area (TPSA) is 75.7 Å². The number of rotatable bonds is 5. The third kappa shape index (κ3) is 4.24.